The van der Waals surface area contributed by atoms with Gasteiger partial charge in [0.1, 0.15) is 12.1 Å². The number of rotatable bonds is 13. The van der Waals surface area contributed by atoms with E-state index in [1.54, 1.807) is 0 Å². The van der Waals surface area contributed by atoms with Crippen LogP contribution >= 0.6 is 0 Å². The summed E-state index contributed by atoms with van der Waals surface area (Å²) in [6.07, 6.45) is 1.70. The molecule has 0 spiro atoms. The molecule has 0 aliphatic rings. The van der Waals surface area contributed by atoms with E-state index >= 15 is 0 Å². The highest BCUT2D eigenvalue weighted by Gasteiger charge is 2.47. The maximum Gasteiger partial charge on any atom is 0.345 e. The van der Waals surface area contributed by atoms with E-state index in [4.69, 9.17) is 25.8 Å². The molecule has 0 aliphatic carbocycles. The number of unbranched alkanes of at least 4 members (excludes halogenated alkanes) is 1. The van der Waals surface area contributed by atoms with E-state index < -0.39 is 29.7 Å². The molecular weight excluding hydrogens is 364 g/mol. The Morgan fingerprint density at radius 2 is 1.75 bits per heavy atom. The largest absolute Gasteiger partial charge is 0.461 e. The Kier molecular flexibility index (Phi) is 10.7. The van der Waals surface area contributed by atoms with Gasteiger partial charge < -0.3 is 24.8 Å². The molecule has 0 amide bonds. The second-order valence-electron chi connectivity index (χ2n) is 6.67. The van der Waals surface area contributed by atoms with Crippen molar-refractivity contribution in [3.8, 4) is 0 Å². The van der Waals surface area contributed by atoms with Crippen molar-refractivity contribution in [2.75, 3.05) is 14.2 Å². The zero-order valence-electron chi connectivity index (χ0n) is 16.9. The second kappa shape index (κ2) is 12.5. The summed E-state index contributed by atoms with van der Waals surface area (Å²) in [5.41, 5.74) is 5.62. The normalized spacial score (nSPS) is 14.4. The van der Waals surface area contributed by atoms with Crippen molar-refractivity contribution in [3.63, 3.8) is 0 Å². The SMILES string of the molecule is CCCCC(N)(C(=O)ON)C(CCC(OC)OC)C(=O)OCc1ccccc1. The summed E-state index contributed by atoms with van der Waals surface area (Å²) in [4.78, 5) is 29.7. The molecule has 0 aromatic heterocycles. The molecule has 0 aliphatic heterocycles. The Bertz CT molecular complexity index is 594. The molecule has 0 bridgehead atoms. The number of carbonyl (C=O) groups is 2. The number of methoxy groups -OCH3 is 2. The van der Waals surface area contributed by atoms with Gasteiger partial charge in [0.15, 0.2) is 6.29 Å². The van der Waals surface area contributed by atoms with Gasteiger partial charge in [0.25, 0.3) is 0 Å². The topological polar surface area (TPSA) is 123 Å². The summed E-state index contributed by atoms with van der Waals surface area (Å²) in [6, 6.07) is 9.26. The first-order valence-corrected chi connectivity index (χ1v) is 9.39. The monoisotopic (exact) mass is 396 g/mol. The molecule has 1 aromatic carbocycles. The van der Waals surface area contributed by atoms with E-state index in [2.05, 4.69) is 4.84 Å². The van der Waals surface area contributed by atoms with Crippen LogP contribution in [0.1, 0.15) is 44.6 Å². The van der Waals surface area contributed by atoms with Crippen molar-refractivity contribution < 1.29 is 28.6 Å². The lowest BCUT2D eigenvalue weighted by Gasteiger charge is -2.33. The standard InChI is InChI=1S/C20H32N2O6/c1-4-5-13-20(21,19(24)28-22)16(11-12-17(25-2)26-3)18(23)27-14-15-9-7-6-8-10-15/h6-10,16-17H,4-5,11-14,21-22H2,1-3H3. The lowest BCUT2D eigenvalue weighted by Crippen LogP contribution is -2.58. The second-order valence-corrected chi connectivity index (χ2v) is 6.67. The van der Waals surface area contributed by atoms with Crippen LogP contribution in [-0.2, 0) is 35.2 Å². The molecule has 1 rings (SSSR count). The van der Waals surface area contributed by atoms with Gasteiger partial charge in [0.05, 0.1) is 5.92 Å². The summed E-state index contributed by atoms with van der Waals surface area (Å²) in [7, 11) is 3.00. The molecule has 0 saturated heterocycles. The summed E-state index contributed by atoms with van der Waals surface area (Å²) in [5, 5.41) is 0. The highest BCUT2D eigenvalue weighted by atomic mass is 16.7. The molecule has 4 N–H and O–H groups in total. The first kappa shape index (κ1) is 24.0. The highest BCUT2D eigenvalue weighted by molar-refractivity contribution is 5.88. The minimum Gasteiger partial charge on any atom is -0.461 e. The molecule has 2 unspecified atom stereocenters. The number of hydrogen-bond donors (Lipinski definition) is 2. The molecule has 158 valence electrons. The zero-order valence-corrected chi connectivity index (χ0v) is 16.9. The van der Waals surface area contributed by atoms with Gasteiger partial charge in [-0.15, -0.1) is 0 Å². The number of nitrogens with two attached hydrogens (primary N) is 2. The van der Waals surface area contributed by atoms with Gasteiger partial charge in [0, 0.05) is 14.2 Å². The fraction of sp³-hybridized carbons (Fsp3) is 0.600. The first-order valence-electron chi connectivity index (χ1n) is 9.39. The summed E-state index contributed by atoms with van der Waals surface area (Å²) in [5.74, 6) is 2.73. The van der Waals surface area contributed by atoms with Gasteiger partial charge >= 0.3 is 11.9 Å². The van der Waals surface area contributed by atoms with Gasteiger partial charge in [-0.05, 0) is 24.8 Å². The van der Waals surface area contributed by atoms with Crippen molar-refractivity contribution in [1.29, 1.82) is 0 Å². The lowest BCUT2D eigenvalue weighted by molar-refractivity contribution is -0.166. The molecule has 8 nitrogen and oxygen atoms in total. The molecule has 0 heterocycles. The molecule has 2 atom stereocenters. The van der Waals surface area contributed by atoms with E-state index in [1.807, 2.05) is 37.3 Å². The van der Waals surface area contributed by atoms with Gasteiger partial charge in [-0.3, -0.25) is 4.79 Å². The fourth-order valence-electron chi connectivity index (χ4n) is 3.05. The fourth-order valence-corrected chi connectivity index (χ4v) is 3.05. The van der Waals surface area contributed by atoms with E-state index in [0.29, 0.717) is 12.8 Å². The summed E-state index contributed by atoms with van der Waals surface area (Å²) in [6.45, 7) is 2.04. The number of benzene rings is 1. The summed E-state index contributed by atoms with van der Waals surface area (Å²) < 4.78 is 15.8. The first-order chi connectivity index (χ1) is 13.4. The van der Waals surface area contributed by atoms with Crippen LogP contribution in [-0.4, -0.2) is 38.0 Å². The van der Waals surface area contributed by atoms with E-state index in [-0.39, 0.29) is 19.4 Å². The minimum atomic E-state index is -1.59. The van der Waals surface area contributed by atoms with Crippen molar-refractivity contribution in [2.45, 2.75) is 57.5 Å². The Labute approximate surface area is 166 Å². The van der Waals surface area contributed by atoms with Crippen LogP contribution in [0.4, 0.5) is 0 Å². The minimum absolute atomic E-state index is 0.0791. The average molecular weight is 396 g/mol. The molecule has 28 heavy (non-hydrogen) atoms. The lowest BCUT2D eigenvalue weighted by atomic mass is 9.78. The van der Waals surface area contributed by atoms with Crippen molar-refractivity contribution in [1.82, 2.24) is 0 Å². The maximum absolute atomic E-state index is 12.9. The van der Waals surface area contributed by atoms with Crippen LogP contribution in [0.5, 0.6) is 0 Å². The third-order valence-electron chi connectivity index (χ3n) is 4.78. The number of carbonyl (C=O) groups excluding carboxylic acids is 2. The van der Waals surface area contributed by atoms with Crippen molar-refractivity contribution >= 4 is 11.9 Å². The number of ether oxygens (including phenoxy) is 3. The van der Waals surface area contributed by atoms with Crippen LogP contribution in [0, 0.1) is 5.92 Å². The Balaban J connectivity index is 3.02. The molecule has 1 aromatic rings. The predicted molar refractivity (Wildman–Crippen MR) is 103 cm³/mol. The van der Waals surface area contributed by atoms with Crippen LogP contribution in [0.15, 0.2) is 30.3 Å². The van der Waals surface area contributed by atoms with E-state index in [9.17, 15) is 9.59 Å². The van der Waals surface area contributed by atoms with E-state index in [0.717, 1.165) is 12.0 Å². The molecule has 0 fully saturated rings. The van der Waals surface area contributed by atoms with Crippen LogP contribution in [0.2, 0.25) is 0 Å². The van der Waals surface area contributed by atoms with Gasteiger partial charge in [-0.2, -0.15) is 5.90 Å². The van der Waals surface area contributed by atoms with Crippen LogP contribution in [0.3, 0.4) is 0 Å². The molecule has 8 heteroatoms. The van der Waals surface area contributed by atoms with Gasteiger partial charge in [0.2, 0.25) is 0 Å². The van der Waals surface area contributed by atoms with Gasteiger partial charge in [-0.1, -0.05) is 50.1 Å². The zero-order chi connectivity index (χ0) is 21.0. The Hall–Kier alpha value is -2.00. The average Bonchev–Trinajstić information content (AvgIpc) is 2.73. The maximum atomic E-state index is 12.9. The third kappa shape index (κ3) is 6.87. The van der Waals surface area contributed by atoms with Crippen molar-refractivity contribution in [2.24, 2.45) is 17.5 Å². The Morgan fingerprint density at radius 1 is 1.11 bits per heavy atom. The Morgan fingerprint density at radius 3 is 2.29 bits per heavy atom. The van der Waals surface area contributed by atoms with Crippen molar-refractivity contribution in [3.05, 3.63) is 35.9 Å². The van der Waals surface area contributed by atoms with Crippen LogP contribution < -0.4 is 11.6 Å². The summed E-state index contributed by atoms with van der Waals surface area (Å²) >= 11 is 0. The van der Waals surface area contributed by atoms with Crippen LogP contribution in [0.25, 0.3) is 0 Å². The number of esters is 1. The number of hydrogen-bond acceptors (Lipinski definition) is 8. The third-order valence-corrected chi connectivity index (χ3v) is 4.78. The quantitative estimate of drug-likeness (QED) is 0.295. The molecule has 0 radical (unpaired) electrons. The van der Waals surface area contributed by atoms with E-state index in [1.165, 1.54) is 14.2 Å². The van der Waals surface area contributed by atoms with Gasteiger partial charge in [-0.25, -0.2) is 4.79 Å². The smallest absolute Gasteiger partial charge is 0.345 e. The molecule has 0 saturated carbocycles. The predicted octanol–water partition coefficient (Wildman–Crippen LogP) is 2.05. The highest BCUT2D eigenvalue weighted by Crippen LogP contribution is 2.29. The molecular formula is C20H32N2O6.